The molecule has 0 saturated carbocycles. The Hall–Kier alpha value is -1.13. The monoisotopic (exact) mass is 253 g/mol. The van der Waals surface area contributed by atoms with Gasteiger partial charge in [-0.15, -0.1) is 11.3 Å². The van der Waals surface area contributed by atoms with Gasteiger partial charge < -0.3 is 4.74 Å². The van der Waals surface area contributed by atoms with Crippen LogP contribution >= 0.6 is 11.3 Å². The summed E-state index contributed by atoms with van der Waals surface area (Å²) >= 11 is 1.72. The highest BCUT2D eigenvalue weighted by Crippen LogP contribution is 2.12. The van der Waals surface area contributed by atoms with Crippen LogP contribution in [0.1, 0.15) is 18.7 Å². The lowest BCUT2D eigenvalue weighted by Crippen LogP contribution is -2.27. The molecule has 0 N–H and O–H groups in total. The molecule has 0 fully saturated rings. The van der Waals surface area contributed by atoms with Gasteiger partial charge in [0.15, 0.2) is 0 Å². The van der Waals surface area contributed by atoms with E-state index in [1.54, 1.807) is 18.3 Å². The topological polar surface area (TPSA) is 29.5 Å². The number of carbonyl (C=O) groups excluding carboxylic acids is 1. The number of carbonyl (C=O) groups is 1. The Morgan fingerprint density at radius 1 is 1.53 bits per heavy atom. The van der Waals surface area contributed by atoms with Gasteiger partial charge in [0.25, 0.3) is 0 Å². The molecule has 0 saturated heterocycles. The number of nitrogens with zero attached hydrogens (tertiary/aromatic N) is 1. The molecule has 1 aromatic rings. The van der Waals surface area contributed by atoms with E-state index in [4.69, 9.17) is 4.74 Å². The number of rotatable bonds is 7. The van der Waals surface area contributed by atoms with Crippen LogP contribution < -0.4 is 0 Å². The maximum atomic E-state index is 11.5. The molecule has 0 unspecified atom stereocenters. The van der Waals surface area contributed by atoms with Crippen LogP contribution in [0.25, 0.3) is 0 Å². The number of esters is 1. The van der Waals surface area contributed by atoms with Gasteiger partial charge in [-0.1, -0.05) is 19.6 Å². The Labute approximate surface area is 107 Å². The van der Waals surface area contributed by atoms with Gasteiger partial charge in [-0.3, -0.25) is 4.90 Å². The Morgan fingerprint density at radius 3 is 2.82 bits per heavy atom. The first-order chi connectivity index (χ1) is 8.17. The number of hydrogen-bond donors (Lipinski definition) is 0. The summed E-state index contributed by atoms with van der Waals surface area (Å²) in [5.41, 5.74) is 0.519. The zero-order valence-corrected chi connectivity index (χ0v) is 11.3. The molecule has 0 radical (unpaired) electrons. The molecule has 4 heteroatoms. The molecule has 0 amide bonds. The molecule has 0 aliphatic heterocycles. The van der Waals surface area contributed by atoms with E-state index in [-0.39, 0.29) is 5.97 Å². The van der Waals surface area contributed by atoms with E-state index >= 15 is 0 Å². The Balaban J connectivity index is 2.46. The van der Waals surface area contributed by atoms with Crippen LogP contribution in [-0.4, -0.2) is 30.6 Å². The minimum atomic E-state index is -0.294. The maximum Gasteiger partial charge on any atom is 0.334 e. The van der Waals surface area contributed by atoms with Crippen LogP contribution in [0.3, 0.4) is 0 Å². The fraction of sp³-hybridized carbons (Fsp3) is 0.462. The van der Waals surface area contributed by atoms with E-state index < -0.39 is 0 Å². The predicted octanol–water partition coefficient (Wildman–Crippen LogP) is 2.69. The zero-order chi connectivity index (χ0) is 12.7. The van der Waals surface area contributed by atoms with E-state index in [1.807, 2.05) is 6.07 Å². The summed E-state index contributed by atoms with van der Waals surface area (Å²) in [6, 6.07) is 4.13. The Kier molecular flexibility index (Phi) is 5.94. The molecule has 0 aliphatic carbocycles. The Morgan fingerprint density at radius 2 is 2.29 bits per heavy atom. The average molecular weight is 253 g/mol. The molecule has 1 rings (SSSR count). The summed E-state index contributed by atoms with van der Waals surface area (Å²) in [5, 5.41) is 2.06. The van der Waals surface area contributed by atoms with E-state index in [1.165, 1.54) is 4.88 Å². The molecule has 0 bridgehead atoms. The van der Waals surface area contributed by atoms with Crippen molar-refractivity contribution in [3.63, 3.8) is 0 Å². The van der Waals surface area contributed by atoms with Crippen LogP contribution in [0.4, 0.5) is 0 Å². The van der Waals surface area contributed by atoms with Crippen LogP contribution in [0.2, 0.25) is 0 Å². The van der Waals surface area contributed by atoms with Crippen LogP contribution in [0, 0.1) is 0 Å². The van der Waals surface area contributed by atoms with Gasteiger partial charge in [-0.2, -0.15) is 0 Å². The molecular formula is C13H19NO2S. The van der Waals surface area contributed by atoms with E-state index in [2.05, 4.69) is 29.8 Å². The average Bonchev–Trinajstić information content (AvgIpc) is 2.81. The van der Waals surface area contributed by atoms with Gasteiger partial charge in [0.2, 0.25) is 0 Å². The van der Waals surface area contributed by atoms with Gasteiger partial charge in [0.1, 0.15) is 0 Å². The lowest BCUT2D eigenvalue weighted by atomic mass is 10.2. The van der Waals surface area contributed by atoms with Crippen molar-refractivity contribution in [2.24, 2.45) is 0 Å². The summed E-state index contributed by atoms with van der Waals surface area (Å²) in [5.74, 6) is -0.294. The fourth-order valence-electron chi connectivity index (χ4n) is 1.47. The summed E-state index contributed by atoms with van der Waals surface area (Å²) in [4.78, 5) is 14.9. The van der Waals surface area contributed by atoms with E-state index in [9.17, 15) is 4.79 Å². The highest BCUT2D eigenvalue weighted by molar-refractivity contribution is 7.09. The van der Waals surface area contributed by atoms with Crippen molar-refractivity contribution in [2.75, 3.05) is 19.7 Å². The lowest BCUT2D eigenvalue weighted by Gasteiger charge is -2.20. The highest BCUT2D eigenvalue weighted by Gasteiger charge is 2.12. The molecule has 1 aromatic heterocycles. The number of likely N-dealkylation sites (N-methyl/N-ethyl adjacent to an activating group) is 1. The summed E-state index contributed by atoms with van der Waals surface area (Å²) < 4.78 is 4.92. The van der Waals surface area contributed by atoms with Crippen molar-refractivity contribution >= 4 is 17.3 Å². The standard InChI is InChI=1S/C13H19NO2S/c1-4-14(10-12-7-6-8-17-12)9-11(3)13(15)16-5-2/h6-8H,3-5,9-10H2,1-2H3. The SMILES string of the molecule is C=C(CN(CC)Cc1cccs1)C(=O)OCC. The first kappa shape index (κ1) is 13.9. The molecule has 0 aliphatic rings. The molecule has 1 heterocycles. The van der Waals surface area contributed by atoms with Crippen molar-refractivity contribution in [1.82, 2.24) is 4.90 Å². The second-order valence-electron chi connectivity index (χ2n) is 3.71. The lowest BCUT2D eigenvalue weighted by molar-refractivity contribution is -0.138. The smallest absolute Gasteiger partial charge is 0.334 e. The second-order valence-corrected chi connectivity index (χ2v) is 4.74. The van der Waals surface area contributed by atoms with Crippen molar-refractivity contribution < 1.29 is 9.53 Å². The van der Waals surface area contributed by atoms with Crippen molar-refractivity contribution in [2.45, 2.75) is 20.4 Å². The second kappa shape index (κ2) is 7.25. The third kappa shape index (κ3) is 4.71. The summed E-state index contributed by atoms with van der Waals surface area (Å²) in [6.45, 7) is 10.4. The summed E-state index contributed by atoms with van der Waals surface area (Å²) in [7, 11) is 0. The molecule has 0 atom stereocenters. The molecule has 17 heavy (non-hydrogen) atoms. The van der Waals surface area contributed by atoms with Gasteiger partial charge in [-0.25, -0.2) is 4.79 Å². The molecule has 0 spiro atoms. The first-order valence-corrected chi connectivity index (χ1v) is 6.65. The number of thiophene rings is 1. The minimum Gasteiger partial charge on any atom is -0.463 e. The summed E-state index contributed by atoms with van der Waals surface area (Å²) in [6.07, 6.45) is 0. The van der Waals surface area contributed by atoms with Crippen LogP contribution in [0.5, 0.6) is 0 Å². The van der Waals surface area contributed by atoms with E-state index in [0.29, 0.717) is 18.7 Å². The first-order valence-electron chi connectivity index (χ1n) is 5.77. The normalized spacial score (nSPS) is 10.5. The van der Waals surface area contributed by atoms with Gasteiger partial charge >= 0.3 is 5.97 Å². The van der Waals surface area contributed by atoms with E-state index in [0.717, 1.165) is 13.1 Å². The van der Waals surface area contributed by atoms with Crippen molar-refractivity contribution in [1.29, 1.82) is 0 Å². The third-order valence-corrected chi connectivity index (χ3v) is 3.25. The molecular weight excluding hydrogens is 234 g/mol. The minimum absolute atomic E-state index is 0.294. The third-order valence-electron chi connectivity index (χ3n) is 2.39. The van der Waals surface area contributed by atoms with Gasteiger partial charge in [0.05, 0.1) is 6.61 Å². The van der Waals surface area contributed by atoms with Gasteiger partial charge in [-0.05, 0) is 24.9 Å². The quantitative estimate of drug-likeness (QED) is 0.553. The van der Waals surface area contributed by atoms with Crippen LogP contribution in [0.15, 0.2) is 29.7 Å². The Bertz CT molecular complexity index is 360. The maximum absolute atomic E-state index is 11.5. The van der Waals surface area contributed by atoms with Crippen LogP contribution in [-0.2, 0) is 16.1 Å². The van der Waals surface area contributed by atoms with Crippen molar-refractivity contribution in [3.05, 3.63) is 34.5 Å². The molecule has 94 valence electrons. The fourth-order valence-corrected chi connectivity index (χ4v) is 2.22. The number of ether oxygens (including phenoxy) is 1. The van der Waals surface area contributed by atoms with Gasteiger partial charge in [0, 0.05) is 23.5 Å². The largest absolute Gasteiger partial charge is 0.463 e. The zero-order valence-electron chi connectivity index (χ0n) is 10.4. The predicted molar refractivity (Wildman–Crippen MR) is 71.0 cm³/mol. The van der Waals surface area contributed by atoms with Crippen molar-refractivity contribution in [3.8, 4) is 0 Å². The molecule has 0 aromatic carbocycles. The highest BCUT2D eigenvalue weighted by atomic mass is 32.1. The molecule has 3 nitrogen and oxygen atoms in total. The number of hydrogen-bond acceptors (Lipinski definition) is 4.